The zero-order valence-electron chi connectivity index (χ0n) is 16.9. The maximum atomic E-state index is 12.9. The summed E-state index contributed by atoms with van der Waals surface area (Å²) in [5, 5.41) is 1.03. The molecule has 3 aromatic rings. The fourth-order valence-electron chi connectivity index (χ4n) is 4.17. The number of carbonyl (C=O) groups is 1. The number of piperidine rings is 1. The number of aromatic nitrogens is 3. The van der Waals surface area contributed by atoms with E-state index in [0.717, 1.165) is 61.4 Å². The molecule has 0 atom stereocenters. The summed E-state index contributed by atoms with van der Waals surface area (Å²) >= 11 is 0. The molecule has 1 amide bonds. The van der Waals surface area contributed by atoms with Crippen LogP contribution in [0, 0.1) is 19.8 Å². The lowest BCUT2D eigenvalue weighted by Crippen LogP contribution is -2.38. The average molecular weight is 380 g/mol. The Morgan fingerprint density at radius 2 is 2.04 bits per heavy atom. The number of H-pyrrole nitrogens is 1. The maximum Gasteiger partial charge on any atom is 0.270 e. The molecule has 1 N–H and O–H groups in total. The maximum absolute atomic E-state index is 12.9. The van der Waals surface area contributed by atoms with Crippen molar-refractivity contribution in [3.05, 3.63) is 47.7 Å². The number of hydrogen-bond donors (Lipinski definition) is 1. The highest BCUT2D eigenvalue weighted by molar-refractivity contribution is 5.98. The summed E-state index contributed by atoms with van der Waals surface area (Å²) in [4.78, 5) is 22.5. The third-order valence-corrected chi connectivity index (χ3v) is 5.98. The number of amides is 1. The first-order valence-electron chi connectivity index (χ1n) is 10.00. The van der Waals surface area contributed by atoms with E-state index < -0.39 is 0 Å². The van der Waals surface area contributed by atoms with Crippen LogP contribution in [0.1, 0.15) is 41.3 Å². The number of benzene rings is 1. The second-order valence-electron chi connectivity index (χ2n) is 7.76. The van der Waals surface area contributed by atoms with Crippen molar-refractivity contribution < 1.29 is 9.53 Å². The number of nitrogens with zero attached hydrogens (tertiary/aromatic N) is 3. The van der Waals surface area contributed by atoms with Crippen LogP contribution in [0.25, 0.3) is 10.9 Å². The minimum absolute atomic E-state index is 0.0925. The first kappa shape index (κ1) is 18.6. The lowest BCUT2D eigenvalue weighted by Gasteiger charge is -2.32. The smallest absolute Gasteiger partial charge is 0.270 e. The molecule has 1 fully saturated rings. The van der Waals surface area contributed by atoms with Crippen LogP contribution < -0.4 is 4.74 Å². The van der Waals surface area contributed by atoms with Gasteiger partial charge in [-0.2, -0.15) is 0 Å². The normalized spacial score (nSPS) is 15.3. The number of hydrogen-bond acceptors (Lipinski definition) is 3. The SMILES string of the molecule is COc1ccc2cc(C(=O)N3CCC(CCn4c(C)cnc4C)CC3)[nH]c2c1. The van der Waals surface area contributed by atoms with Gasteiger partial charge in [-0.3, -0.25) is 4.79 Å². The van der Waals surface area contributed by atoms with Gasteiger partial charge in [0, 0.05) is 48.5 Å². The Hall–Kier alpha value is -2.76. The number of aryl methyl sites for hydroxylation is 2. The summed E-state index contributed by atoms with van der Waals surface area (Å²) in [5.41, 5.74) is 2.82. The molecule has 6 heteroatoms. The van der Waals surface area contributed by atoms with Crippen LogP contribution in [-0.4, -0.2) is 45.5 Å². The Labute approximate surface area is 165 Å². The standard InChI is InChI=1S/C22H28N4O2/c1-15-14-23-16(2)26(15)11-8-17-6-9-25(10-7-17)22(27)21-12-18-4-5-19(28-3)13-20(18)24-21/h4-5,12-14,17,24H,6-11H2,1-3H3. The summed E-state index contributed by atoms with van der Waals surface area (Å²) in [6, 6.07) is 7.76. The number of nitrogens with one attached hydrogen (secondary N) is 1. The Morgan fingerprint density at radius 1 is 1.25 bits per heavy atom. The Kier molecular flexibility index (Phi) is 5.11. The van der Waals surface area contributed by atoms with E-state index in [1.54, 1.807) is 7.11 Å². The third kappa shape index (κ3) is 3.63. The molecular weight excluding hydrogens is 352 g/mol. The van der Waals surface area contributed by atoms with Crippen molar-refractivity contribution in [1.29, 1.82) is 0 Å². The van der Waals surface area contributed by atoms with Crippen molar-refractivity contribution in [1.82, 2.24) is 19.4 Å². The number of likely N-dealkylation sites (tertiary alicyclic amines) is 1. The first-order valence-corrected chi connectivity index (χ1v) is 10.00. The third-order valence-electron chi connectivity index (χ3n) is 5.98. The topological polar surface area (TPSA) is 63.1 Å². The predicted molar refractivity (Wildman–Crippen MR) is 110 cm³/mol. The molecule has 1 saturated heterocycles. The van der Waals surface area contributed by atoms with Gasteiger partial charge in [0.15, 0.2) is 0 Å². The molecule has 0 spiro atoms. The van der Waals surface area contributed by atoms with Crippen LogP contribution in [0.3, 0.4) is 0 Å². The van der Waals surface area contributed by atoms with Crippen LogP contribution in [0.4, 0.5) is 0 Å². The largest absolute Gasteiger partial charge is 0.497 e. The summed E-state index contributed by atoms with van der Waals surface area (Å²) in [5.74, 6) is 2.63. The molecule has 0 saturated carbocycles. The van der Waals surface area contributed by atoms with Gasteiger partial charge in [0.1, 0.15) is 17.3 Å². The minimum Gasteiger partial charge on any atom is -0.497 e. The molecule has 6 nitrogen and oxygen atoms in total. The quantitative estimate of drug-likeness (QED) is 0.729. The van der Waals surface area contributed by atoms with Gasteiger partial charge in [-0.25, -0.2) is 4.98 Å². The van der Waals surface area contributed by atoms with Gasteiger partial charge in [-0.1, -0.05) is 0 Å². The number of aromatic amines is 1. The number of fused-ring (bicyclic) bond motifs is 1. The van der Waals surface area contributed by atoms with E-state index in [4.69, 9.17) is 4.74 Å². The fraction of sp³-hybridized carbons (Fsp3) is 0.455. The highest BCUT2D eigenvalue weighted by atomic mass is 16.5. The molecule has 148 valence electrons. The molecule has 3 heterocycles. The van der Waals surface area contributed by atoms with E-state index in [9.17, 15) is 4.79 Å². The molecule has 4 rings (SSSR count). The van der Waals surface area contributed by atoms with Gasteiger partial charge in [-0.15, -0.1) is 0 Å². The predicted octanol–water partition coefficient (Wildman–Crippen LogP) is 3.93. The summed E-state index contributed by atoms with van der Waals surface area (Å²) in [7, 11) is 1.65. The minimum atomic E-state index is 0.0925. The molecule has 0 unspecified atom stereocenters. The van der Waals surface area contributed by atoms with E-state index in [0.29, 0.717) is 11.6 Å². The zero-order chi connectivity index (χ0) is 19.7. The molecule has 28 heavy (non-hydrogen) atoms. The van der Waals surface area contributed by atoms with E-state index in [-0.39, 0.29) is 5.91 Å². The van der Waals surface area contributed by atoms with Crippen LogP contribution >= 0.6 is 0 Å². The van der Waals surface area contributed by atoms with Crippen molar-refractivity contribution in [2.24, 2.45) is 5.92 Å². The molecule has 0 aliphatic carbocycles. The molecule has 2 aromatic heterocycles. The Balaban J connectivity index is 1.35. The van der Waals surface area contributed by atoms with E-state index >= 15 is 0 Å². The highest BCUT2D eigenvalue weighted by Crippen LogP contribution is 2.25. The van der Waals surface area contributed by atoms with Gasteiger partial charge in [0.05, 0.1) is 7.11 Å². The number of ether oxygens (including phenoxy) is 1. The number of carbonyl (C=O) groups excluding carboxylic acids is 1. The highest BCUT2D eigenvalue weighted by Gasteiger charge is 2.24. The number of rotatable bonds is 5. The van der Waals surface area contributed by atoms with Crippen molar-refractivity contribution in [2.45, 2.75) is 39.7 Å². The number of methoxy groups -OCH3 is 1. The van der Waals surface area contributed by atoms with Crippen molar-refractivity contribution in [2.75, 3.05) is 20.2 Å². The van der Waals surface area contributed by atoms with Crippen LogP contribution in [0.15, 0.2) is 30.5 Å². The summed E-state index contributed by atoms with van der Waals surface area (Å²) in [6.45, 7) is 6.83. The van der Waals surface area contributed by atoms with Crippen LogP contribution in [-0.2, 0) is 6.54 Å². The van der Waals surface area contributed by atoms with Gasteiger partial charge in [0.25, 0.3) is 5.91 Å². The molecule has 0 radical (unpaired) electrons. The lowest BCUT2D eigenvalue weighted by atomic mass is 9.93. The van der Waals surface area contributed by atoms with Gasteiger partial charge in [-0.05, 0) is 57.2 Å². The fourth-order valence-corrected chi connectivity index (χ4v) is 4.17. The van der Waals surface area contributed by atoms with E-state index in [1.165, 1.54) is 5.69 Å². The van der Waals surface area contributed by atoms with Crippen molar-refractivity contribution in [3.63, 3.8) is 0 Å². The van der Waals surface area contributed by atoms with Gasteiger partial charge < -0.3 is 19.2 Å². The molecule has 1 aromatic carbocycles. The van der Waals surface area contributed by atoms with Crippen molar-refractivity contribution in [3.8, 4) is 5.75 Å². The monoisotopic (exact) mass is 380 g/mol. The molecule has 0 bridgehead atoms. The number of imidazole rings is 1. The Morgan fingerprint density at radius 3 is 2.71 bits per heavy atom. The van der Waals surface area contributed by atoms with Crippen LogP contribution in [0.2, 0.25) is 0 Å². The average Bonchev–Trinajstić information content (AvgIpc) is 3.28. The molecule has 1 aliphatic heterocycles. The molecular formula is C22H28N4O2. The van der Waals surface area contributed by atoms with Crippen molar-refractivity contribution >= 4 is 16.8 Å². The van der Waals surface area contributed by atoms with Crippen LogP contribution in [0.5, 0.6) is 5.75 Å². The summed E-state index contributed by atoms with van der Waals surface area (Å²) in [6.07, 6.45) is 5.21. The van der Waals surface area contributed by atoms with E-state index in [1.807, 2.05) is 35.4 Å². The zero-order valence-corrected chi connectivity index (χ0v) is 16.9. The van der Waals surface area contributed by atoms with Gasteiger partial charge in [0.2, 0.25) is 0 Å². The molecule has 1 aliphatic rings. The summed E-state index contributed by atoms with van der Waals surface area (Å²) < 4.78 is 7.55. The van der Waals surface area contributed by atoms with Gasteiger partial charge >= 0.3 is 0 Å². The second-order valence-corrected chi connectivity index (χ2v) is 7.76. The van der Waals surface area contributed by atoms with E-state index in [2.05, 4.69) is 28.4 Å². The first-order chi connectivity index (χ1) is 13.5. The lowest BCUT2D eigenvalue weighted by molar-refractivity contribution is 0.0680. The second kappa shape index (κ2) is 7.70. The Bertz CT molecular complexity index is 960.